The third kappa shape index (κ3) is 4.25. The number of aromatic nitrogens is 2. The molecule has 3 aromatic rings. The van der Waals surface area contributed by atoms with Gasteiger partial charge >= 0.3 is 12.1 Å². The molecule has 1 saturated carbocycles. The highest BCUT2D eigenvalue weighted by molar-refractivity contribution is 6.00. The highest BCUT2D eigenvalue weighted by atomic mass is 16.5. The van der Waals surface area contributed by atoms with Crippen LogP contribution in [0, 0.1) is 5.92 Å². The van der Waals surface area contributed by atoms with Gasteiger partial charge in [-0.15, -0.1) is 0 Å². The molecule has 5 rings (SSSR count). The molecule has 180 valence electrons. The summed E-state index contributed by atoms with van der Waals surface area (Å²) < 4.78 is 6.82. The molecule has 1 aromatic heterocycles. The van der Waals surface area contributed by atoms with Crippen molar-refractivity contribution in [2.24, 2.45) is 13.0 Å². The highest BCUT2D eigenvalue weighted by Crippen LogP contribution is 2.44. The Morgan fingerprint density at radius 1 is 1.06 bits per heavy atom. The van der Waals surface area contributed by atoms with Crippen molar-refractivity contribution in [3.63, 3.8) is 0 Å². The van der Waals surface area contributed by atoms with Crippen LogP contribution in [0.15, 0.2) is 54.7 Å². The quantitative estimate of drug-likeness (QED) is 0.500. The van der Waals surface area contributed by atoms with E-state index < -0.39 is 24.0 Å². The molecule has 0 spiro atoms. The van der Waals surface area contributed by atoms with E-state index in [0.717, 1.165) is 28.7 Å². The third-order valence-electron chi connectivity index (χ3n) is 6.90. The van der Waals surface area contributed by atoms with Gasteiger partial charge in [-0.3, -0.25) is 9.48 Å². The minimum atomic E-state index is -1.18. The zero-order chi connectivity index (χ0) is 24.5. The van der Waals surface area contributed by atoms with Crippen LogP contribution in [0.4, 0.5) is 10.5 Å². The summed E-state index contributed by atoms with van der Waals surface area (Å²) in [5.41, 5.74) is 4.60. The first-order chi connectivity index (χ1) is 16.9. The van der Waals surface area contributed by atoms with E-state index in [9.17, 15) is 19.5 Å². The van der Waals surface area contributed by atoms with E-state index >= 15 is 0 Å². The molecule has 2 aromatic carbocycles. The van der Waals surface area contributed by atoms with Gasteiger partial charge < -0.3 is 20.5 Å². The number of hydrogen-bond donors (Lipinski definition) is 3. The molecule has 9 heteroatoms. The highest BCUT2D eigenvalue weighted by Gasteiger charge is 2.36. The molecule has 0 saturated heterocycles. The molecule has 9 nitrogen and oxygen atoms in total. The van der Waals surface area contributed by atoms with Crippen molar-refractivity contribution >= 4 is 23.7 Å². The summed E-state index contributed by atoms with van der Waals surface area (Å²) in [4.78, 5) is 37.1. The van der Waals surface area contributed by atoms with Crippen molar-refractivity contribution in [3.05, 3.63) is 71.5 Å². The Morgan fingerprint density at radius 2 is 1.71 bits per heavy atom. The number of fused-ring (bicyclic) bond motifs is 3. The standard InChI is InChI=1S/C26H26N4O5/c1-30-23(25(32)33)22(13-27-30)28-24(31)19-11-6-12-21(19)29-26(34)35-14-20-17-9-4-2-7-15(17)16-8-3-5-10-18(16)20/h2-5,7-10,13,19-21H,6,11-12,14H2,1H3,(H,28,31)(H,29,34)(H,32,33)/t19-,21+/m0/s1. The first kappa shape index (κ1) is 22.6. The Kier molecular flexibility index (Phi) is 5.98. The molecule has 0 aliphatic heterocycles. The van der Waals surface area contributed by atoms with Crippen LogP contribution in [0.2, 0.25) is 0 Å². The Bertz CT molecular complexity index is 1250. The second-order valence-corrected chi connectivity index (χ2v) is 8.94. The monoisotopic (exact) mass is 474 g/mol. The van der Waals surface area contributed by atoms with Gasteiger partial charge in [0.2, 0.25) is 5.91 Å². The zero-order valence-corrected chi connectivity index (χ0v) is 19.2. The zero-order valence-electron chi connectivity index (χ0n) is 19.2. The van der Waals surface area contributed by atoms with E-state index in [1.807, 2.05) is 24.3 Å². The summed E-state index contributed by atoms with van der Waals surface area (Å²) in [5.74, 6) is -2.06. The van der Waals surface area contributed by atoms with Crippen LogP contribution in [0.1, 0.15) is 46.8 Å². The molecule has 35 heavy (non-hydrogen) atoms. The average molecular weight is 475 g/mol. The molecule has 2 amide bonds. The number of alkyl carbamates (subject to hydrolysis) is 1. The number of ether oxygens (including phenoxy) is 1. The van der Waals surface area contributed by atoms with E-state index in [-0.39, 0.29) is 29.8 Å². The number of benzene rings is 2. The number of aromatic carboxylic acids is 1. The largest absolute Gasteiger partial charge is 0.476 e. The number of nitrogens with one attached hydrogen (secondary N) is 2. The molecule has 0 radical (unpaired) electrons. The number of carbonyl (C=O) groups excluding carboxylic acids is 2. The van der Waals surface area contributed by atoms with Gasteiger partial charge in [0.1, 0.15) is 6.61 Å². The minimum Gasteiger partial charge on any atom is -0.476 e. The Morgan fingerprint density at radius 3 is 2.37 bits per heavy atom. The van der Waals surface area contributed by atoms with Gasteiger partial charge in [0.25, 0.3) is 0 Å². The number of rotatable bonds is 6. The number of nitrogens with zero attached hydrogens (tertiary/aromatic N) is 2. The molecule has 1 fully saturated rings. The van der Waals surface area contributed by atoms with Crippen LogP contribution in [-0.4, -0.2) is 45.5 Å². The van der Waals surface area contributed by atoms with Crippen LogP contribution in [0.25, 0.3) is 11.1 Å². The number of carboxylic acids is 1. The van der Waals surface area contributed by atoms with Crippen molar-refractivity contribution in [1.82, 2.24) is 15.1 Å². The maximum atomic E-state index is 12.9. The van der Waals surface area contributed by atoms with Crippen molar-refractivity contribution in [3.8, 4) is 11.1 Å². The normalized spacial score (nSPS) is 18.5. The molecular formula is C26H26N4O5. The van der Waals surface area contributed by atoms with Crippen LogP contribution in [0.5, 0.6) is 0 Å². The number of aryl methyl sites for hydroxylation is 1. The summed E-state index contributed by atoms with van der Waals surface area (Å²) in [6.45, 7) is 0.196. The molecule has 0 unspecified atom stereocenters. The number of anilines is 1. The van der Waals surface area contributed by atoms with Crippen molar-refractivity contribution < 1.29 is 24.2 Å². The smallest absolute Gasteiger partial charge is 0.407 e. The van der Waals surface area contributed by atoms with Gasteiger partial charge in [0.15, 0.2) is 5.69 Å². The van der Waals surface area contributed by atoms with E-state index in [4.69, 9.17) is 4.74 Å². The van der Waals surface area contributed by atoms with Crippen molar-refractivity contribution in [2.45, 2.75) is 31.2 Å². The number of carbonyl (C=O) groups is 3. The SMILES string of the molecule is Cn1ncc(NC(=O)[C@H]2CCC[C@H]2NC(=O)OCC2c3ccccc3-c3ccccc32)c1C(=O)O. The molecule has 3 N–H and O–H groups in total. The van der Waals surface area contributed by atoms with Crippen LogP contribution in [0.3, 0.4) is 0 Å². The summed E-state index contributed by atoms with van der Waals surface area (Å²) in [6, 6.07) is 15.8. The predicted molar refractivity (Wildman–Crippen MR) is 128 cm³/mol. The minimum absolute atomic E-state index is 0.0455. The van der Waals surface area contributed by atoms with Gasteiger partial charge in [-0.05, 0) is 35.1 Å². The lowest BCUT2D eigenvalue weighted by Crippen LogP contribution is -2.42. The summed E-state index contributed by atoms with van der Waals surface area (Å²) in [6.07, 6.45) is 2.74. The first-order valence-electron chi connectivity index (χ1n) is 11.6. The van der Waals surface area contributed by atoms with Crippen molar-refractivity contribution in [1.29, 1.82) is 0 Å². The molecule has 1 heterocycles. The van der Waals surface area contributed by atoms with E-state index in [1.54, 1.807) is 0 Å². The second-order valence-electron chi connectivity index (χ2n) is 8.94. The summed E-state index contributed by atoms with van der Waals surface area (Å²) >= 11 is 0. The van der Waals surface area contributed by atoms with E-state index in [0.29, 0.717) is 12.8 Å². The van der Waals surface area contributed by atoms with Gasteiger partial charge in [-0.25, -0.2) is 9.59 Å². The lowest BCUT2D eigenvalue weighted by Gasteiger charge is -2.21. The predicted octanol–water partition coefficient (Wildman–Crippen LogP) is 3.76. The molecule has 0 bridgehead atoms. The van der Waals surface area contributed by atoms with Crippen LogP contribution < -0.4 is 10.6 Å². The topological polar surface area (TPSA) is 123 Å². The number of hydrogen-bond acceptors (Lipinski definition) is 5. The summed E-state index contributed by atoms with van der Waals surface area (Å²) in [7, 11) is 1.50. The van der Waals surface area contributed by atoms with Gasteiger partial charge in [-0.1, -0.05) is 55.0 Å². The fraction of sp³-hybridized carbons (Fsp3) is 0.308. The van der Waals surface area contributed by atoms with Gasteiger partial charge in [0, 0.05) is 19.0 Å². The van der Waals surface area contributed by atoms with Crippen molar-refractivity contribution in [2.75, 3.05) is 11.9 Å². The van der Waals surface area contributed by atoms with Gasteiger partial charge in [0.05, 0.1) is 17.8 Å². The Balaban J connectivity index is 1.22. The Hall–Kier alpha value is -4.14. The maximum absolute atomic E-state index is 12.9. The van der Waals surface area contributed by atoms with Gasteiger partial charge in [-0.2, -0.15) is 5.10 Å². The lowest BCUT2D eigenvalue weighted by molar-refractivity contribution is -0.120. The molecule has 2 aliphatic rings. The fourth-order valence-electron chi connectivity index (χ4n) is 5.25. The second kappa shape index (κ2) is 9.25. The van der Waals surface area contributed by atoms with E-state index in [2.05, 4.69) is 40.0 Å². The molecule has 2 atom stereocenters. The number of carboxylic acid groups (broad SMARTS) is 1. The average Bonchev–Trinajstić information content (AvgIpc) is 3.53. The van der Waals surface area contributed by atoms with Crippen LogP contribution >= 0.6 is 0 Å². The fourth-order valence-corrected chi connectivity index (χ4v) is 5.25. The Labute approximate surface area is 202 Å². The van der Waals surface area contributed by atoms with Crippen LogP contribution in [-0.2, 0) is 16.6 Å². The molecular weight excluding hydrogens is 448 g/mol. The molecule has 2 aliphatic carbocycles. The van der Waals surface area contributed by atoms with E-state index in [1.165, 1.54) is 17.9 Å². The lowest BCUT2D eigenvalue weighted by atomic mass is 9.98. The number of amides is 2. The third-order valence-corrected chi connectivity index (χ3v) is 6.90. The summed E-state index contributed by atoms with van der Waals surface area (Å²) in [5, 5.41) is 18.8. The maximum Gasteiger partial charge on any atom is 0.407 e. The first-order valence-corrected chi connectivity index (χ1v) is 11.6.